The van der Waals surface area contributed by atoms with Crippen molar-refractivity contribution in [2.45, 2.75) is 38.3 Å². The largest absolute Gasteiger partial charge is 0.486 e. The minimum atomic E-state index is 0.385. The normalized spacial score (nSPS) is 20.8. The number of hydrogen-bond donors (Lipinski definition) is 1. The molecule has 0 amide bonds. The number of ether oxygens (including phenoxy) is 2. The molecule has 0 spiro atoms. The van der Waals surface area contributed by atoms with Gasteiger partial charge in [-0.1, -0.05) is 12.5 Å². The summed E-state index contributed by atoms with van der Waals surface area (Å²) < 4.78 is 11.1. The third-order valence-electron chi connectivity index (χ3n) is 3.66. The van der Waals surface area contributed by atoms with E-state index in [9.17, 15) is 0 Å². The quantitative estimate of drug-likeness (QED) is 0.870. The predicted octanol–water partition coefficient (Wildman–Crippen LogP) is 2.66. The van der Waals surface area contributed by atoms with Gasteiger partial charge in [-0.3, -0.25) is 0 Å². The highest BCUT2D eigenvalue weighted by Crippen LogP contribution is 2.33. The molecule has 0 saturated heterocycles. The fraction of sp³-hybridized carbons (Fsp3) is 0.571. The monoisotopic (exact) mass is 233 g/mol. The first-order valence-electron chi connectivity index (χ1n) is 6.48. The number of nitrogens with one attached hydrogen (secondary N) is 1. The summed E-state index contributed by atoms with van der Waals surface area (Å²) in [6.45, 7) is 3.52. The number of benzene rings is 1. The molecule has 1 N–H and O–H groups in total. The summed E-state index contributed by atoms with van der Waals surface area (Å²) >= 11 is 0. The molecular weight excluding hydrogens is 214 g/mol. The van der Waals surface area contributed by atoms with E-state index in [1.54, 1.807) is 0 Å². The van der Waals surface area contributed by atoms with Gasteiger partial charge in [0.05, 0.1) is 0 Å². The molecule has 0 aromatic heterocycles. The molecule has 0 bridgehead atoms. The van der Waals surface area contributed by atoms with Crippen LogP contribution in [0.2, 0.25) is 0 Å². The van der Waals surface area contributed by atoms with Crippen LogP contribution in [0.4, 0.5) is 0 Å². The van der Waals surface area contributed by atoms with E-state index >= 15 is 0 Å². The molecule has 1 aromatic carbocycles. The lowest BCUT2D eigenvalue weighted by Gasteiger charge is -2.30. The second-order valence-corrected chi connectivity index (χ2v) is 4.92. The zero-order chi connectivity index (χ0) is 11.7. The van der Waals surface area contributed by atoms with Crippen molar-refractivity contribution in [3.05, 3.63) is 23.8 Å². The Morgan fingerprint density at radius 1 is 1.18 bits per heavy atom. The molecule has 3 nitrogen and oxygen atoms in total. The Bertz CT molecular complexity index is 401. The molecule has 1 unspecified atom stereocenters. The molecule has 17 heavy (non-hydrogen) atoms. The minimum absolute atomic E-state index is 0.385. The molecule has 1 saturated carbocycles. The van der Waals surface area contributed by atoms with Crippen LogP contribution in [0, 0.1) is 0 Å². The van der Waals surface area contributed by atoms with E-state index in [1.165, 1.54) is 24.8 Å². The Hall–Kier alpha value is -1.22. The molecule has 1 aliphatic heterocycles. The first kappa shape index (κ1) is 10.9. The lowest BCUT2D eigenvalue weighted by Crippen LogP contribution is -2.36. The fourth-order valence-corrected chi connectivity index (χ4v) is 2.35. The van der Waals surface area contributed by atoms with E-state index < -0.39 is 0 Å². The number of rotatable bonds is 3. The average Bonchev–Trinajstić information content (AvgIpc) is 2.33. The van der Waals surface area contributed by atoms with Crippen LogP contribution in [0.1, 0.15) is 37.8 Å². The van der Waals surface area contributed by atoms with Gasteiger partial charge in [-0.15, -0.1) is 0 Å². The second-order valence-electron chi connectivity index (χ2n) is 4.92. The maximum atomic E-state index is 5.61. The van der Waals surface area contributed by atoms with Crippen LogP contribution in [0.3, 0.4) is 0 Å². The summed E-state index contributed by atoms with van der Waals surface area (Å²) in [7, 11) is 0. The van der Waals surface area contributed by atoms with Crippen molar-refractivity contribution in [1.29, 1.82) is 0 Å². The Labute approximate surface area is 102 Å². The molecule has 0 radical (unpaired) electrons. The molecule has 3 heteroatoms. The lowest BCUT2D eigenvalue weighted by molar-refractivity contribution is 0.171. The summed E-state index contributed by atoms with van der Waals surface area (Å²) in [5.74, 6) is 1.76. The third kappa shape index (κ3) is 2.25. The average molecular weight is 233 g/mol. The highest BCUT2D eigenvalue weighted by atomic mass is 16.6. The van der Waals surface area contributed by atoms with Crippen LogP contribution in [-0.2, 0) is 0 Å². The fourth-order valence-electron chi connectivity index (χ4n) is 2.35. The molecule has 1 heterocycles. The first-order valence-corrected chi connectivity index (χ1v) is 6.48. The van der Waals surface area contributed by atoms with Crippen LogP contribution in [-0.4, -0.2) is 19.3 Å². The maximum absolute atomic E-state index is 5.61. The summed E-state index contributed by atoms with van der Waals surface area (Å²) in [5, 5.41) is 3.64. The summed E-state index contributed by atoms with van der Waals surface area (Å²) in [5.41, 5.74) is 1.28. The minimum Gasteiger partial charge on any atom is -0.486 e. The van der Waals surface area contributed by atoms with Gasteiger partial charge in [0.1, 0.15) is 13.2 Å². The van der Waals surface area contributed by atoms with Crippen molar-refractivity contribution in [3.8, 4) is 11.5 Å². The summed E-state index contributed by atoms with van der Waals surface area (Å²) in [6.07, 6.45) is 4.00. The number of hydrogen-bond acceptors (Lipinski definition) is 3. The van der Waals surface area contributed by atoms with Crippen molar-refractivity contribution in [2.24, 2.45) is 0 Å². The van der Waals surface area contributed by atoms with E-state index in [1.807, 2.05) is 6.07 Å². The Balaban J connectivity index is 1.73. The Morgan fingerprint density at radius 3 is 2.65 bits per heavy atom. The van der Waals surface area contributed by atoms with Crippen LogP contribution in [0.25, 0.3) is 0 Å². The van der Waals surface area contributed by atoms with Gasteiger partial charge in [0.25, 0.3) is 0 Å². The van der Waals surface area contributed by atoms with E-state index in [0.29, 0.717) is 25.3 Å². The predicted molar refractivity (Wildman–Crippen MR) is 66.6 cm³/mol. The Kier molecular flexibility index (Phi) is 2.93. The van der Waals surface area contributed by atoms with Gasteiger partial charge in [0.15, 0.2) is 11.5 Å². The zero-order valence-corrected chi connectivity index (χ0v) is 10.2. The van der Waals surface area contributed by atoms with Crippen LogP contribution in [0.15, 0.2) is 18.2 Å². The van der Waals surface area contributed by atoms with E-state index in [4.69, 9.17) is 9.47 Å². The van der Waals surface area contributed by atoms with Crippen molar-refractivity contribution in [1.82, 2.24) is 5.32 Å². The molecule has 1 aliphatic carbocycles. The molecule has 3 rings (SSSR count). The van der Waals surface area contributed by atoms with E-state index in [-0.39, 0.29) is 0 Å². The molecule has 1 atom stereocenters. The van der Waals surface area contributed by atoms with Crippen molar-refractivity contribution < 1.29 is 9.47 Å². The zero-order valence-electron chi connectivity index (χ0n) is 10.2. The smallest absolute Gasteiger partial charge is 0.161 e. The number of fused-ring (bicyclic) bond motifs is 1. The lowest BCUT2D eigenvalue weighted by atomic mass is 9.92. The van der Waals surface area contributed by atoms with Crippen molar-refractivity contribution in [3.63, 3.8) is 0 Å². The highest BCUT2D eigenvalue weighted by molar-refractivity contribution is 5.44. The third-order valence-corrected chi connectivity index (χ3v) is 3.66. The van der Waals surface area contributed by atoms with Crippen LogP contribution in [0.5, 0.6) is 11.5 Å². The molecular formula is C14H19NO2. The topological polar surface area (TPSA) is 30.5 Å². The Morgan fingerprint density at radius 2 is 1.94 bits per heavy atom. The van der Waals surface area contributed by atoms with Gasteiger partial charge in [-0.2, -0.15) is 0 Å². The first-order chi connectivity index (χ1) is 8.33. The SMILES string of the molecule is CC(NC1CCC1)c1ccc2c(c1)OCCO2. The summed E-state index contributed by atoms with van der Waals surface area (Å²) in [4.78, 5) is 0. The second kappa shape index (κ2) is 4.57. The van der Waals surface area contributed by atoms with Crippen molar-refractivity contribution in [2.75, 3.05) is 13.2 Å². The van der Waals surface area contributed by atoms with Crippen molar-refractivity contribution >= 4 is 0 Å². The molecule has 1 fully saturated rings. The maximum Gasteiger partial charge on any atom is 0.161 e. The van der Waals surface area contributed by atoms with Gasteiger partial charge in [-0.25, -0.2) is 0 Å². The standard InChI is InChI=1S/C14H19NO2/c1-10(15-12-3-2-4-12)11-5-6-13-14(9-11)17-8-7-16-13/h5-6,9-10,12,15H,2-4,7-8H2,1H3. The van der Waals surface area contributed by atoms with Gasteiger partial charge in [0.2, 0.25) is 0 Å². The van der Waals surface area contributed by atoms with Crippen LogP contribution >= 0.6 is 0 Å². The summed E-state index contributed by atoms with van der Waals surface area (Å²) in [6, 6.07) is 7.34. The van der Waals surface area contributed by atoms with Gasteiger partial charge in [0, 0.05) is 12.1 Å². The van der Waals surface area contributed by atoms with E-state index in [2.05, 4.69) is 24.4 Å². The highest BCUT2D eigenvalue weighted by Gasteiger charge is 2.20. The molecule has 2 aliphatic rings. The molecule has 1 aromatic rings. The van der Waals surface area contributed by atoms with Crippen LogP contribution < -0.4 is 14.8 Å². The molecule has 92 valence electrons. The van der Waals surface area contributed by atoms with Gasteiger partial charge >= 0.3 is 0 Å². The van der Waals surface area contributed by atoms with Gasteiger partial charge in [-0.05, 0) is 37.5 Å². The van der Waals surface area contributed by atoms with Gasteiger partial charge < -0.3 is 14.8 Å². The van der Waals surface area contributed by atoms with E-state index in [0.717, 1.165) is 11.5 Å².